The van der Waals surface area contributed by atoms with Crippen molar-refractivity contribution in [3.63, 3.8) is 0 Å². The Kier molecular flexibility index (Phi) is 5.25. The average molecular weight is 374 g/mol. The fourth-order valence-electron chi connectivity index (χ4n) is 4.04. The van der Waals surface area contributed by atoms with Gasteiger partial charge in [0.05, 0.1) is 19.8 Å². The molecule has 1 aliphatic rings. The van der Waals surface area contributed by atoms with Gasteiger partial charge in [-0.25, -0.2) is 0 Å². The molecule has 0 N–H and O–H groups in total. The van der Waals surface area contributed by atoms with Gasteiger partial charge < -0.3 is 14.2 Å². The standard InChI is InChI=1S/C25H26O3/c1-4-26-23-20-16-18-14-10-11-15-19(18)22(20)21(17-12-8-7-9-13-17)24(27-5-2)25(23)28-6-3/h7-15H,4-6,16H2,1-3H3. The molecule has 0 unspecified atom stereocenters. The van der Waals surface area contributed by atoms with E-state index in [0.29, 0.717) is 19.8 Å². The van der Waals surface area contributed by atoms with Gasteiger partial charge in [0.25, 0.3) is 0 Å². The highest BCUT2D eigenvalue weighted by Crippen LogP contribution is 2.56. The van der Waals surface area contributed by atoms with Gasteiger partial charge in [-0.3, -0.25) is 0 Å². The Morgan fingerprint density at radius 3 is 1.96 bits per heavy atom. The Hall–Kier alpha value is -2.94. The van der Waals surface area contributed by atoms with Gasteiger partial charge in [-0.2, -0.15) is 0 Å². The molecule has 4 rings (SSSR count). The first-order valence-corrected chi connectivity index (χ1v) is 10.0. The molecule has 0 radical (unpaired) electrons. The summed E-state index contributed by atoms with van der Waals surface area (Å²) in [6.07, 6.45) is 0.840. The van der Waals surface area contributed by atoms with Crippen LogP contribution in [-0.2, 0) is 6.42 Å². The molecule has 0 aromatic heterocycles. The first kappa shape index (κ1) is 18.4. The lowest BCUT2D eigenvalue weighted by molar-refractivity contribution is 0.260. The average Bonchev–Trinajstić information content (AvgIpc) is 3.11. The Morgan fingerprint density at radius 1 is 0.643 bits per heavy atom. The van der Waals surface area contributed by atoms with Crippen LogP contribution in [0.4, 0.5) is 0 Å². The molecule has 28 heavy (non-hydrogen) atoms. The molecule has 144 valence electrons. The van der Waals surface area contributed by atoms with Gasteiger partial charge >= 0.3 is 0 Å². The van der Waals surface area contributed by atoms with Crippen LogP contribution in [0.1, 0.15) is 31.9 Å². The van der Waals surface area contributed by atoms with Crippen molar-refractivity contribution < 1.29 is 14.2 Å². The third-order valence-corrected chi connectivity index (χ3v) is 5.05. The molecule has 3 aromatic carbocycles. The summed E-state index contributed by atoms with van der Waals surface area (Å²) < 4.78 is 18.4. The Labute approximate surface area is 166 Å². The second-order valence-electron chi connectivity index (χ2n) is 6.71. The van der Waals surface area contributed by atoms with Gasteiger partial charge in [0, 0.05) is 23.1 Å². The van der Waals surface area contributed by atoms with Crippen LogP contribution < -0.4 is 14.2 Å². The normalized spacial score (nSPS) is 11.7. The van der Waals surface area contributed by atoms with Crippen molar-refractivity contribution in [2.75, 3.05) is 19.8 Å². The van der Waals surface area contributed by atoms with Gasteiger partial charge in [0.1, 0.15) is 0 Å². The highest BCUT2D eigenvalue weighted by molar-refractivity contribution is 5.97. The molecule has 0 bridgehead atoms. The summed E-state index contributed by atoms with van der Waals surface area (Å²) in [5.41, 5.74) is 7.18. The second-order valence-corrected chi connectivity index (χ2v) is 6.71. The maximum absolute atomic E-state index is 6.20. The van der Waals surface area contributed by atoms with E-state index < -0.39 is 0 Å². The number of benzene rings is 3. The molecule has 0 atom stereocenters. The fourth-order valence-corrected chi connectivity index (χ4v) is 4.04. The summed E-state index contributed by atoms with van der Waals surface area (Å²) in [5.74, 6) is 2.31. The molecule has 0 heterocycles. The zero-order valence-electron chi connectivity index (χ0n) is 16.7. The van der Waals surface area contributed by atoms with Crippen molar-refractivity contribution in [2.45, 2.75) is 27.2 Å². The molecule has 0 spiro atoms. The molecule has 1 aliphatic carbocycles. The van der Waals surface area contributed by atoms with E-state index in [9.17, 15) is 0 Å². The zero-order valence-corrected chi connectivity index (χ0v) is 16.7. The molecular formula is C25H26O3. The summed E-state index contributed by atoms with van der Waals surface area (Å²) in [4.78, 5) is 0. The highest BCUT2D eigenvalue weighted by Gasteiger charge is 2.33. The van der Waals surface area contributed by atoms with Gasteiger partial charge in [-0.15, -0.1) is 0 Å². The van der Waals surface area contributed by atoms with Crippen LogP contribution in [0.2, 0.25) is 0 Å². The lowest BCUT2D eigenvalue weighted by Crippen LogP contribution is -2.07. The van der Waals surface area contributed by atoms with Crippen molar-refractivity contribution in [1.82, 2.24) is 0 Å². The lowest BCUT2D eigenvalue weighted by Gasteiger charge is -2.23. The van der Waals surface area contributed by atoms with Crippen molar-refractivity contribution >= 4 is 0 Å². The predicted molar refractivity (Wildman–Crippen MR) is 114 cm³/mol. The fraction of sp³-hybridized carbons (Fsp3) is 0.280. The van der Waals surface area contributed by atoms with Crippen molar-refractivity contribution in [1.29, 1.82) is 0 Å². The Balaban J connectivity index is 2.12. The van der Waals surface area contributed by atoms with E-state index in [1.54, 1.807) is 0 Å². The van der Waals surface area contributed by atoms with Crippen molar-refractivity contribution in [3.05, 3.63) is 65.7 Å². The van der Waals surface area contributed by atoms with Gasteiger partial charge in [-0.05, 0) is 37.5 Å². The van der Waals surface area contributed by atoms with E-state index >= 15 is 0 Å². The lowest BCUT2D eigenvalue weighted by atomic mass is 9.92. The van der Waals surface area contributed by atoms with Crippen LogP contribution in [0.15, 0.2) is 54.6 Å². The molecule has 0 aliphatic heterocycles. The first-order chi connectivity index (χ1) is 13.8. The van der Waals surface area contributed by atoms with Crippen LogP contribution in [0.25, 0.3) is 22.3 Å². The quantitative estimate of drug-likeness (QED) is 0.390. The van der Waals surface area contributed by atoms with E-state index in [0.717, 1.165) is 34.8 Å². The van der Waals surface area contributed by atoms with Crippen LogP contribution in [0, 0.1) is 0 Å². The monoisotopic (exact) mass is 374 g/mol. The van der Waals surface area contributed by atoms with E-state index in [4.69, 9.17) is 14.2 Å². The number of ether oxygens (including phenoxy) is 3. The van der Waals surface area contributed by atoms with Crippen LogP contribution in [0.3, 0.4) is 0 Å². The topological polar surface area (TPSA) is 27.7 Å². The first-order valence-electron chi connectivity index (χ1n) is 10.0. The molecule has 0 saturated carbocycles. The smallest absolute Gasteiger partial charge is 0.204 e. The van der Waals surface area contributed by atoms with E-state index in [1.165, 1.54) is 22.3 Å². The van der Waals surface area contributed by atoms with Crippen molar-refractivity contribution in [2.24, 2.45) is 0 Å². The summed E-state index contributed by atoms with van der Waals surface area (Å²) in [6, 6.07) is 19.0. The maximum atomic E-state index is 6.20. The summed E-state index contributed by atoms with van der Waals surface area (Å²) >= 11 is 0. The van der Waals surface area contributed by atoms with Gasteiger partial charge in [0.2, 0.25) is 5.75 Å². The largest absolute Gasteiger partial charge is 0.490 e. The molecule has 3 nitrogen and oxygen atoms in total. The molecule has 0 saturated heterocycles. The molecule has 3 aromatic rings. The third kappa shape index (κ3) is 3.01. The Bertz CT molecular complexity index is 977. The second kappa shape index (κ2) is 7.97. The van der Waals surface area contributed by atoms with E-state index in [1.807, 2.05) is 26.8 Å². The van der Waals surface area contributed by atoms with Crippen LogP contribution in [0.5, 0.6) is 17.2 Å². The van der Waals surface area contributed by atoms with Crippen molar-refractivity contribution in [3.8, 4) is 39.5 Å². The minimum Gasteiger partial charge on any atom is -0.490 e. The van der Waals surface area contributed by atoms with Gasteiger partial charge in [0.15, 0.2) is 11.5 Å². The number of fused-ring (bicyclic) bond motifs is 3. The SMILES string of the molecule is CCOc1c2c(c(-c3ccccc3)c(OCC)c1OCC)-c1ccccc1C2. The summed E-state index contributed by atoms with van der Waals surface area (Å²) in [6.45, 7) is 7.71. The third-order valence-electron chi connectivity index (χ3n) is 5.05. The molecule has 0 fully saturated rings. The van der Waals surface area contributed by atoms with Crippen LogP contribution >= 0.6 is 0 Å². The maximum Gasteiger partial charge on any atom is 0.204 e. The number of hydrogen-bond donors (Lipinski definition) is 0. The number of rotatable bonds is 7. The zero-order chi connectivity index (χ0) is 19.5. The van der Waals surface area contributed by atoms with E-state index in [-0.39, 0.29) is 0 Å². The Morgan fingerprint density at radius 2 is 1.25 bits per heavy atom. The molecule has 0 amide bonds. The minimum absolute atomic E-state index is 0.556. The van der Waals surface area contributed by atoms with Gasteiger partial charge in [-0.1, -0.05) is 54.6 Å². The van der Waals surface area contributed by atoms with E-state index in [2.05, 4.69) is 48.5 Å². The summed E-state index contributed by atoms with van der Waals surface area (Å²) in [5, 5.41) is 0. The number of hydrogen-bond acceptors (Lipinski definition) is 3. The predicted octanol–water partition coefficient (Wildman–Crippen LogP) is 6.12. The molecular weight excluding hydrogens is 348 g/mol. The van der Waals surface area contributed by atoms with Crippen LogP contribution in [-0.4, -0.2) is 19.8 Å². The summed E-state index contributed by atoms with van der Waals surface area (Å²) in [7, 11) is 0. The minimum atomic E-state index is 0.556. The highest BCUT2D eigenvalue weighted by atomic mass is 16.5. The molecule has 3 heteroatoms.